The van der Waals surface area contributed by atoms with Gasteiger partial charge >= 0.3 is 0 Å². The molecular weight excluding hydrogens is 308 g/mol. The van der Waals surface area contributed by atoms with E-state index in [0.29, 0.717) is 18.0 Å². The number of nitrogens with two attached hydrogens (primary N) is 2. The number of ether oxygens (including phenoxy) is 2. The van der Waals surface area contributed by atoms with Crippen LogP contribution in [0.5, 0.6) is 5.75 Å². The maximum atomic E-state index is 11.7. The first-order chi connectivity index (χ1) is 11.5. The van der Waals surface area contributed by atoms with E-state index in [1.807, 2.05) is 24.3 Å². The lowest BCUT2D eigenvalue weighted by Crippen LogP contribution is -2.17. The van der Waals surface area contributed by atoms with Gasteiger partial charge in [-0.3, -0.25) is 4.79 Å². The van der Waals surface area contributed by atoms with E-state index in [0.717, 1.165) is 30.8 Å². The van der Waals surface area contributed by atoms with Crippen molar-refractivity contribution in [1.29, 1.82) is 0 Å². The molecule has 0 spiro atoms. The number of primary amides is 1. The first kappa shape index (κ1) is 16.2. The number of anilines is 1. The van der Waals surface area contributed by atoms with Gasteiger partial charge in [0.2, 0.25) is 5.95 Å². The molecular formula is C17H20N4O3. The van der Waals surface area contributed by atoms with Crippen molar-refractivity contribution < 1.29 is 14.3 Å². The number of benzene rings is 1. The first-order valence-electron chi connectivity index (χ1n) is 7.83. The van der Waals surface area contributed by atoms with Crippen LogP contribution in [0, 0.1) is 6.92 Å². The Hall–Kier alpha value is -2.67. The van der Waals surface area contributed by atoms with Crippen LogP contribution in [0.15, 0.2) is 24.3 Å². The summed E-state index contributed by atoms with van der Waals surface area (Å²) in [6.07, 6.45) is 2.27. The van der Waals surface area contributed by atoms with Crippen LogP contribution >= 0.6 is 0 Å². The zero-order valence-electron chi connectivity index (χ0n) is 13.5. The van der Waals surface area contributed by atoms with Crippen LogP contribution in [0.2, 0.25) is 0 Å². The number of hydrogen-bond acceptors (Lipinski definition) is 6. The summed E-state index contributed by atoms with van der Waals surface area (Å²) in [7, 11) is 0. The molecule has 0 radical (unpaired) electrons. The van der Waals surface area contributed by atoms with Crippen molar-refractivity contribution in [2.24, 2.45) is 5.73 Å². The Morgan fingerprint density at radius 3 is 2.71 bits per heavy atom. The number of aryl methyl sites for hydroxylation is 1. The molecule has 1 aromatic carbocycles. The van der Waals surface area contributed by atoms with Crippen LogP contribution in [0.25, 0.3) is 11.3 Å². The predicted octanol–water partition coefficient (Wildman–Crippen LogP) is 1.69. The molecule has 1 fully saturated rings. The number of rotatable bonds is 5. The number of carbonyl (C=O) groups excluding carboxylic acids is 1. The highest BCUT2D eigenvalue weighted by Crippen LogP contribution is 2.26. The molecule has 24 heavy (non-hydrogen) atoms. The van der Waals surface area contributed by atoms with Gasteiger partial charge in [0, 0.05) is 12.2 Å². The third-order valence-corrected chi connectivity index (χ3v) is 3.94. The molecule has 7 nitrogen and oxygen atoms in total. The van der Waals surface area contributed by atoms with E-state index in [1.165, 1.54) is 0 Å². The summed E-state index contributed by atoms with van der Waals surface area (Å²) in [4.78, 5) is 19.9. The lowest BCUT2D eigenvalue weighted by Gasteiger charge is -2.13. The minimum atomic E-state index is -0.582. The van der Waals surface area contributed by atoms with Gasteiger partial charge in [-0.05, 0) is 44.0 Å². The molecule has 126 valence electrons. The minimum Gasteiger partial charge on any atom is -0.491 e. The topological polar surface area (TPSA) is 113 Å². The van der Waals surface area contributed by atoms with E-state index in [1.54, 1.807) is 6.92 Å². The highest BCUT2D eigenvalue weighted by molar-refractivity contribution is 6.00. The number of aromatic nitrogens is 2. The second-order valence-electron chi connectivity index (χ2n) is 5.73. The van der Waals surface area contributed by atoms with Crippen LogP contribution in [-0.2, 0) is 4.74 Å². The van der Waals surface area contributed by atoms with Crippen LogP contribution in [0.3, 0.4) is 0 Å². The van der Waals surface area contributed by atoms with Gasteiger partial charge in [0.05, 0.1) is 23.1 Å². The second-order valence-corrected chi connectivity index (χ2v) is 5.73. The third kappa shape index (κ3) is 3.46. The van der Waals surface area contributed by atoms with Gasteiger partial charge < -0.3 is 20.9 Å². The number of nitrogens with zero attached hydrogens (tertiary/aromatic N) is 2. The van der Waals surface area contributed by atoms with Crippen molar-refractivity contribution >= 4 is 11.9 Å². The van der Waals surface area contributed by atoms with Gasteiger partial charge in [-0.1, -0.05) is 0 Å². The molecule has 1 aromatic heterocycles. The number of nitrogen functional groups attached to an aromatic ring is 1. The van der Waals surface area contributed by atoms with E-state index in [2.05, 4.69) is 9.97 Å². The lowest BCUT2D eigenvalue weighted by atomic mass is 10.0. The lowest BCUT2D eigenvalue weighted by molar-refractivity contribution is 0.0679. The van der Waals surface area contributed by atoms with Crippen molar-refractivity contribution in [2.75, 3.05) is 18.9 Å². The average Bonchev–Trinajstić information content (AvgIpc) is 3.05. The van der Waals surface area contributed by atoms with E-state index in [9.17, 15) is 4.79 Å². The molecule has 3 rings (SSSR count). The average molecular weight is 328 g/mol. The summed E-state index contributed by atoms with van der Waals surface area (Å²) in [6, 6.07) is 7.28. The maximum absolute atomic E-state index is 11.7. The Morgan fingerprint density at radius 2 is 2.08 bits per heavy atom. The van der Waals surface area contributed by atoms with Crippen LogP contribution < -0.4 is 16.2 Å². The molecule has 4 N–H and O–H groups in total. The second kappa shape index (κ2) is 6.84. The molecule has 1 saturated heterocycles. The quantitative estimate of drug-likeness (QED) is 0.863. The first-order valence-corrected chi connectivity index (χ1v) is 7.83. The van der Waals surface area contributed by atoms with Gasteiger partial charge in [0.25, 0.3) is 5.91 Å². The fourth-order valence-corrected chi connectivity index (χ4v) is 2.77. The standard InChI is InChI=1S/C17H20N4O3/c1-10-14(16(18)22)15(21-17(19)20-10)11-4-6-12(7-5-11)24-9-13-3-2-8-23-13/h4-7,13H,2-3,8-9H2,1H3,(H2,18,22)(H2,19,20,21). The molecule has 2 heterocycles. The van der Waals surface area contributed by atoms with Crippen molar-refractivity contribution in [2.45, 2.75) is 25.9 Å². The normalized spacial score (nSPS) is 17.0. The molecule has 2 aromatic rings. The Morgan fingerprint density at radius 1 is 1.33 bits per heavy atom. The Bertz CT molecular complexity index is 740. The van der Waals surface area contributed by atoms with Crippen molar-refractivity contribution in [3.8, 4) is 17.0 Å². The van der Waals surface area contributed by atoms with Crippen molar-refractivity contribution in [3.63, 3.8) is 0 Å². The SMILES string of the molecule is Cc1nc(N)nc(-c2ccc(OCC3CCCO3)cc2)c1C(N)=O. The Kier molecular flexibility index (Phi) is 4.61. The number of hydrogen-bond donors (Lipinski definition) is 2. The number of carbonyl (C=O) groups is 1. The van der Waals surface area contributed by atoms with E-state index in [-0.39, 0.29) is 17.6 Å². The van der Waals surface area contributed by atoms with Crippen LogP contribution in [0.1, 0.15) is 28.9 Å². The molecule has 1 aliphatic rings. The summed E-state index contributed by atoms with van der Waals surface area (Å²) >= 11 is 0. The summed E-state index contributed by atoms with van der Waals surface area (Å²) in [5, 5.41) is 0. The van der Waals surface area contributed by atoms with Crippen molar-refractivity contribution in [1.82, 2.24) is 9.97 Å². The van der Waals surface area contributed by atoms with E-state index in [4.69, 9.17) is 20.9 Å². The van der Waals surface area contributed by atoms with Gasteiger partial charge in [-0.15, -0.1) is 0 Å². The van der Waals surface area contributed by atoms with E-state index >= 15 is 0 Å². The maximum Gasteiger partial charge on any atom is 0.252 e. The fraction of sp³-hybridized carbons (Fsp3) is 0.353. The molecule has 1 unspecified atom stereocenters. The van der Waals surface area contributed by atoms with Crippen LogP contribution in [0.4, 0.5) is 5.95 Å². The molecule has 1 atom stereocenters. The summed E-state index contributed by atoms with van der Waals surface area (Å²) < 4.78 is 11.3. The minimum absolute atomic E-state index is 0.103. The van der Waals surface area contributed by atoms with Gasteiger partial charge in [0.15, 0.2) is 0 Å². The van der Waals surface area contributed by atoms with Crippen molar-refractivity contribution in [3.05, 3.63) is 35.5 Å². The van der Waals surface area contributed by atoms with Gasteiger partial charge in [0.1, 0.15) is 12.4 Å². The Balaban J connectivity index is 1.81. The summed E-state index contributed by atoms with van der Waals surface area (Å²) in [5.74, 6) is 0.251. The Labute approximate surface area is 140 Å². The highest BCUT2D eigenvalue weighted by Gasteiger charge is 2.18. The van der Waals surface area contributed by atoms with Gasteiger partial charge in [-0.2, -0.15) is 0 Å². The molecule has 1 aliphatic heterocycles. The predicted molar refractivity (Wildman–Crippen MR) is 89.6 cm³/mol. The molecule has 1 amide bonds. The highest BCUT2D eigenvalue weighted by atomic mass is 16.5. The third-order valence-electron chi connectivity index (χ3n) is 3.94. The zero-order chi connectivity index (χ0) is 17.1. The molecule has 0 aliphatic carbocycles. The van der Waals surface area contributed by atoms with E-state index < -0.39 is 5.91 Å². The smallest absolute Gasteiger partial charge is 0.252 e. The molecule has 0 saturated carbocycles. The fourth-order valence-electron chi connectivity index (χ4n) is 2.77. The molecule has 0 bridgehead atoms. The van der Waals surface area contributed by atoms with Gasteiger partial charge in [-0.25, -0.2) is 9.97 Å². The zero-order valence-corrected chi connectivity index (χ0v) is 13.5. The van der Waals surface area contributed by atoms with Crippen LogP contribution in [-0.4, -0.2) is 35.2 Å². The summed E-state index contributed by atoms with van der Waals surface area (Å²) in [6.45, 7) is 3.02. The number of amides is 1. The molecule has 7 heteroatoms. The summed E-state index contributed by atoms with van der Waals surface area (Å²) in [5.41, 5.74) is 13.0. The largest absolute Gasteiger partial charge is 0.491 e. The monoisotopic (exact) mass is 328 g/mol.